The molecule has 0 amide bonds. The van der Waals surface area contributed by atoms with E-state index in [0.29, 0.717) is 17.2 Å². The Hall–Kier alpha value is -0.590. The highest BCUT2D eigenvalue weighted by Crippen LogP contribution is 2.27. The van der Waals surface area contributed by atoms with Gasteiger partial charge in [0.1, 0.15) is 0 Å². The summed E-state index contributed by atoms with van der Waals surface area (Å²) in [5.41, 5.74) is 1.83. The molecule has 0 radical (unpaired) electrons. The maximum atomic E-state index is 11.6. The first-order valence-electron chi connectivity index (χ1n) is 6.97. The van der Waals surface area contributed by atoms with Crippen molar-refractivity contribution in [1.82, 2.24) is 15.1 Å². The molecule has 1 aromatic heterocycles. The van der Waals surface area contributed by atoms with E-state index in [-0.39, 0.29) is 17.7 Å². The molecule has 2 heterocycles. The molecule has 0 aromatic carbocycles. The monoisotopic (exact) mass is 319 g/mol. The fraction of sp³-hybridized carbons (Fsp3) is 0.769. The van der Waals surface area contributed by atoms with Crippen LogP contribution in [-0.4, -0.2) is 42.8 Å². The van der Waals surface area contributed by atoms with Crippen molar-refractivity contribution in [3.05, 3.63) is 16.4 Å². The van der Waals surface area contributed by atoms with E-state index in [2.05, 4.69) is 10.4 Å². The smallest absolute Gasteiger partial charge is 0.150 e. The van der Waals surface area contributed by atoms with Gasteiger partial charge in [0.05, 0.1) is 27.9 Å². The van der Waals surface area contributed by atoms with Gasteiger partial charge < -0.3 is 5.32 Å². The summed E-state index contributed by atoms with van der Waals surface area (Å²) in [6, 6.07) is 0.117. The van der Waals surface area contributed by atoms with Crippen LogP contribution >= 0.6 is 11.6 Å². The van der Waals surface area contributed by atoms with Crippen molar-refractivity contribution in [1.29, 1.82) is 0 Å². The summed E-state index contributed by atoms with van der Waals surface area (Å²) in [5, 5.41) is 8.37. The lowest BCUT2D eigenvalue weighted by Gasteiger charge is -2.22. The summed E-state index contributed by atoms with van der Waals surface area (Å²) in [7, 11) is -0.981. The molecule has 0 saturated carbocycles. The number of aryl methyl sites for hydroxylation is 2. The van der Waals surface area contributed by atoms with Crippen molar-refractivity contribution in [2.24, 2.45) is 5.92 Å². The van der Waals surface area contributed by atoms with Crippen molar-refractivity contribution < 1.29 is 8.42 Å². The molecular formula is C13H22ClN3O2S. The largest absolute Gasteiger partial charge is 0.316 e. The van der Waals surface area contributed by atoms with Gasteiger partial charge in [-0.2, -0.15) is 5.10 Å². The summed E-state index contributed by atoms with van der Waals surface area (Å²) in [6.07, 6.45) is 1.44. The van der Waals surface area contributed by atoms with Crippen LogP contribution < -0.4 is 5.32 Å². The lowest BCUT2D eigenvalue weighted by atomic mass is 9.95. The maximum Gasteiger partial charge on any atom is 0.150 e. The molecule has 2 rings (SSSR count). The van der Waals surface area contributed by atoms with Crippen molar-refractivity contribution in [3.8, 4) is 0 Å². The predicted octanol–water partition coefficient (Wildman–Crippen LogP) is 1.43. The molecule has 1 N–H and O–H groups in total. The molecule has 2 atom stereocenters. The van der Waals surface area contributed by atoms with Crippen molar-refractivity contribution in [2.75, 3.05) is 18.6 Å². The van der Waals surface area contributed by atoms with E-state index in [1.165, 1.54) is 0 Å². The average molecular weight is 320 g/mol. The zero-order valence-corrected chi connectivity index (χ0v) is 13.8. The fourth-order valence-electron chi connectivity index (χ4n) is 2.92. The summed E-state index contributed by atoms with van der Waals surface area (Å²) >= 11 is 6.33. The molecule has 20 heavy (non-hydrogen) atoms. The Bertz CT molecular complexity index is 583. The first kappa shape index (κ1) is 15.8. The van der Waals surface area contributed by atoms with Crippen LogP contribution in [0.5, 0.6) is 0 Å². The van der Waals surface area contributed by atoms with Crippen LogP contribution in [0.15, 0.2) is 0 Å². The molecule has 7 heteroatoms. The predicted molar refractivity (Wildman–Crippen MR) is 81.0 cm³/mol. The van der Waals surface area contributed by atoms with Gasteiger partial charge in [-0.05, 0) is 33.2 Å². The number of sulfone groups is 1. The molecule has 0 bridgehead atoms. The Morgan fingerprint density at radius 1 is 1.55 bits per heavy atom. The summed E-state index contributed by atoms with van der Waals surface area (Å²) in [6.45, 7) is 4.69. The average Bonchev–Trinajstić information content (AvgIpc) is 2.89. The lowest BCUT2D eigenvalue weighted by Crippen LogP contribution is -2.37. The van der Waals surface area contributed by atoms with Gasteiger partial charge in [0.2, 0.25) is 0 Å². The first-order valence-corrected chi connectivity index (χ1v) is 9.17. The first-order chi connectivity index (χ1) is 9.38. The number of likely N-dealkylation sites (N-methyl/N-ethyl adjacent to an activating group) is 1. The summed E-state index contributed by atoms with van der Waals surface area (Å²) in [4.78, 5) is 0. The number of nitrogens with one attached hydrogen (secondary N) is 1. The number of rotatable bonds is 5. The minimum Gasteiger partial charge on any atom is -0.316 e. The Labute approximate surface area is 125 Å². The topological polar surface area (TPSA) is 64.0 Å². The second-order valence-electron chi connectivity index (χ2n) is 5.42. The van der Waals surface area contributed by atoms with E-state index < -0.39 is 9.84 Å². The molecule has 5 nitrogen and oxygen atoms in total. The second-order valence-corrected chi connectivity index (χ2v) is 8.03. The van der Waals surface area contributed by atoms with E-state index >= 15 is 0 Å². The van der Waals surface area contributed by atoms with Crippen molar-refractivity contribution in [3.63, 3.8) is 0 Å². The zero-order valence-electron chi connectivity index (χ0n) is 12.2. The number of halogens is 1. The van der Waals surface area contributed by atoms with Crippen LogP contribution in [0.25, 0.3) is 0 Å². The van der Waals surface area contributed by atoms with Gasteiger partial charge in [-0.3, -0.25) is 4.68 Å². The van der Waals surface area contributed by atoms with E-state index in [9.17, 15) is 8.42 Å². The maximum absolute atomic E-state index is 11.6. The molecule has 0 aliphatic carbocycles. The number of hydrogen-bond acceptors (Lipinski definition) is 4. The van der Waals surface area contributed by atoms with Crippen LogP contribution in [0.1, 0.15) is 24.7 Å². The van der Waals surface area contributed by atoms with Crippen LogP contribution in [0.4, 0.5) is 0 Å². The number of aromatic nitrogens is 2. The van der Waals surface area contributed by atoms with Crippen LogP contribution in [0, 0.1) is 12.8 Å². The highest BCUT2D eigenvalue weighted by Gasteiger charge is 2.34. The molecule has 1 fully saturated rings. The highest BCUT2D eigenvalue weighted by molar-refractivity contribution is 7.91. The third kappa shape index (κ3) is 3.18. The zero-order chi connectivity index (χ0) is 14.9. The fourth-order valence-corrected chi connectivity index (χ4v) is 5.01. The van der Waals surface area contributed by atoms with Gasteiger partial charge >= 0.3 is 0 Å². The standard InChI is InChI=1S/C13H22ClN3O2S/c1-4-17-12(13(14)9(2)16-17)7-11(15-3)10-5-6-20(18,19)8-10/h10-11,15H,4-8H2,1-3H3. The third-order valence-electron chi connectivity index (χ3n) is 4.07. The summed E-state index contributed by atoms with van der Waals surface area (Å²) in [5.74, 6) is 0.729. The lowest BCUT2D eigenvalue weighted by molar-refractivity contribution is 0.393. The van der Waals surface area contributed by atoms with Gasteiger partial charge in [0.25, 0.3) is 0 Å². The van der Waals surface area contributed by atoms with E-state index in [1.54, 1.807) is 0 Å². The molecule has 1 aromatic rings. The molecule has 2 unspecified atom stereocenters. The minimum absolute atomic E-state index is 0.117. The van der Waals surface area contributed by atoms with Gasteiger partial charge in [-0.15, -0.1) is 0 Å². The van der Waals surface area contributed by atoms with Gasteiger partial charge in [-0.25, -0.2) is 8.42 Å². The Balaban J connectivity index is 2.19. The van der Waals surface area contributed by atoms with Crippen molar-refractivity contribution in [2.45, 2.75) is 39.3 Å². The van der Waals surface area contributed by atoms with Crippen LogP contribution in [-0.2, 0) is 22.8 Å². The second kappa shape index (κ2) is 6.03. The van der Waals surface area contributed by atoms with E-state index in [1.807, 2.05) is 25.6 Å². The van der Waals surface area contributed by atoms with Gasteiger partial charge in [0, 0.05) is 19.0 Å². The molecule has 1 aliphatic heterocycles. The van der Waals surface area contributed by atoms with E-state index in [4.69, 9.17) is 11.6 Å². The van der Waals surface area contributed by atoms with Crippen LogP contribution in [0.2, 0.25) is 5.02 Å². The van der Waals surface area contributed by atoms with Gasteiger partial charge in [0.15, 0.2) is 9.84 Å². The normalized spacial score (nSPS) is 23.1. The molecular weight excluding hydrogens is 298 g/mol. The molecule has 1 aliphatic rings. The highest BCUT2D eigenvalue weighted by atomic mass is 35.5. The molecule has 1 saturated heterocycles. The van der Waals surface area contributed by atoms with Crippen LogP contribution in [0.3, 0.4) is 0 Å². The third-order valence-corrected chi connectivity index (χ3v) is 6.36. The number of nitrogens with zero attached hydrogens (tertiary/aromatic N) is 2. The summed E-state index contributed by atoms with van der Waals surface area (Å²) < 4.78 is 25.2. The Kier molecular flexibility index (Phi) is 4.76. The molecule has 0 spiro atoms. The van der Waals surface area contributed by atoms with Gasteiger partial charge in [-0.1, -0.05) is 11.6 Å². The van der Waals surface area contributed by atoms with Crippen molar-refractivity contribution >= 4 is 21.4 Å². The molecule has 114 valence electrons. The number of hydrogen-bond donors (Lipinski definition) is 1. The minimum atomic E-state index is -2.86. The Morgan fingerprint density at radius 3 is 2.75 bits per heavy atom. The quantitative estimate of drug-likeness (QED) is 0.891. The SMILES string of the molecule is CCn1nc(C)c(Cl)c1CC(NC)C1CCS(=O)(=O)C1. The van der Waals surface area contributed by atoms with E-state index in [0.717, 1.165) is 24.4 Å². The Morgan fingerprint density at radius 2 is 2.25 bits per heavy atom.